The van der Waals surface area contributed by atoms with Crippen molar-refractivity contribution in [3.8, 4) is 0 Å². The van der Waals surface area contributed by atoms with Gasteiger partial charge in [0.1, 0.15) is 5.54 Å². The number of nitrogens with one attached hydrogen (secondary N) is 1. The van der Waals surface area contributed by atoms with Gasteiger partial charge in [-0.1, -0.05) is 26.7 Å². The first-order chi connectivity index (χ1) is 9.03. The van der Waals surface area contributed by atoms with Gasteiger partial charge in [-0.15, -0.1) is 5.10 Å². The molecule has 1 aromatic heterocycles. The van der Waals surface area contributed by atoms with Crippen molar-refractivity contribution in [1.29, 1.82) is 0 Å². The third-order valence-electron chi connectivity index (χ3n) is 3.19. The molecule has 0 aromatic carbocycles. The number of aromatic nitrogens is 4. The SMILES string of the molecule is CCCCn1nnnc1CNC(C)(CCC)C(=O)O. The summed E-state index contributed by atoms with van der Waals surface area (Å²) in [5.41, 5.74) is -0.934. The second kappa shape index (κ2) is 7.18. The summed E-state index contributed by atoms with van der Waals surface area (Å²) in [6, 6.07) is 0. The van der Waals surface area contributed by atoms with E-state index in [9.17, 15) is 9.90 Å². The average Bonchev–Trinajstić information content (AvgIpc) is 2.81. The van der Waals surface area contributed by atoms with Gasteiger partial charge in [0, 0.05) is 6.54 Å². The predicted octanol–water partition coefficient (Wildman–Crippen LogP) is 1.21. The Morgan fingerprint density at radius 1 is 1.42 bits per heavy atom. The van der Waals surface area contributed by atoms with Crippen molar-refractivity contribution in [2.75, 3.05) is 0 Å². The molecule has 0 radical (unpaired) electrons. The first-order valence-corrected chi connectivity index (χ1v) is 6.77. The molecule has 7 heteroatoms. The highest BCUT2D eigenvalue weighted by Gasteiger charge is 2.31. The van der Waals surface area contributed by atoms with Crippen molar-refractivity contribution in [2.45, 2.75) is 65.1 Å². The Hall–Kier alpha value is -1.50. The minimum Gasteiger partial charge on any atom is -0.480 e. The Morgan fingerprint density at radius 2 is 2.16 bits per heavy atom. The molecule has 0 fully saturated rings. The van der Waals surface area contributed by atoms with Gasteiger partial charge in [-0.05, 0) is 30.2 Å². The third-order valence-corrected chi connectivity index (χ3v) is 3.19. The average molecular weight is 269 g/mol. The van der Waals surface area contributed by atoms with Gasteiger partial charge < -0.3 is 5.11 Å². The fraction of sp³-hybridized carbons (Fsp3) is 0.833. The number of rotatable bonds is 9. The molecule has 1 rings (SSSR count). The minimum absolute atomic E-state index is 0.361. The lowest BCUT2D eigenvalue weighted by Gasteiger charge is -2.25. The van der Waals surface area contributed by atoms with Crippen LogP contribution in [0.4, 0.5) is 0 Å². The summed E-state index contributed by atoms with van der Waals surface area (Å²) in [5, 5.41) is 23.8. The Labute approximate surface area is 113 Å². The highest BCUT2D eigenvalue weighted by Crippen LogP contribution is 2.13. The number of aliphatic carboxylic acids is 1. The highest BCUT2D eigenvalue weighted by molar-refractivity contribution is 5.78. The van der Waals surface area contributed by atoms with E-state index in [2.05, 4.69) is 27.8 Å². The molecule has 0 amide bonds. The lowest BCUT2D eigenvalue weighted by molar-refractivity contribution is -0.144. The second-order valence-electron chi connectivity index (χ2n) is 4.91. The summed E-state index contributed by atoms with van der Waals surface area (Å²) in [6.45, 7) is 6.88. The van der Waals surface area contributed by atoms with E-state index in [0.717, 1.165) is 25.8 Å². The summed E-state index contributed by atoms with van der Waals surface area (Å²) < 4.78 is 1.73. The van der Waals surface area contributed by atoms with Crippen LogP contribution in [0.5, 0.6) is 0 Å². The molecule has 0 saturated carbocycles. The van der Waals surface area contributed by atoms with Gasteiger partial charge in [0.25, 0.3) is 0 Å². The molecule has 0 spiro atoms. The molecular formula is C12H23N5O2. The summed E-state index contributed by atoms with van der Waals surface area (Å²) in [5.74, 6) is -0.168. The summed E-state index contributed by atoms with van der Waals surface area (Å²) >= 11 is 0. The zero-order valence-electron chi connectivity index (χ0n) is 11.9. The van der Waals surface area contributed by atoms with Crippen LogP contribution in [0.3, 0.4) is 0 Å². The van der Waals surface area contributed by atoms with Crippen LogP contribution in [0.1, 0.15) is 52.3 Å². The highest BCUT2D eigenvalue weighted by atomic mass is 16.4. The molecule has 1 aromatic rings. The maximum absolute atomic E-state index is 11.3. The summed E-state index contributed by atoms with van der Waals surface area (Å²) in [4.78, 5) is 11.3. The zero-order chi connectivity index (χ0) is 14.3. The van der Waals surface area contributed by atoms with E-state index in [4.69, 9.17) is 0 Å². The van der Waals surface area contributed by atoms with Crippen molar-refractivity contribution < 1.29 is 9.90 Å². The molecule has 108 valence electrons. The van der Waals surface area contributed by atoms with Crippen LogP contribution in [-0.4, -0.2) is 36.8 Å². The molecule has 0 bridgehead atoms. The van der Waals surface area contributed by atoms with Crippen molar-refractivity contribution in [2.24, 2.45) is 0 Å². The Morgan fingerprint density at radius 3 is 2.74 bits per heavy atom. The lowest BCUT2D eigenvalue weighted by atomic mass is 9.96. The number of hydrogen-bond acceptors (Lipinski definition) is 5. The molecule has 0 aliphatic carbocycles. The van der Waals surface area contributed by atoms with Crippen LogP contribution >= 0.6 is 0 Å². The summed E-state index contributed by atoms with van der Waals surface area (Å²) in [6.07, 6.45) is 3.44. The number of aryl methyl sites for hydroxylation is 1. The van der Waals surface area contributed by atoms with Crippen LogP contribution in [0.2, 0.25) is 0 Å². The standard InChI is InChI=1S/C12H23N5O2/c1-4-6-8-17-10(14-15-16-17)9-13-12(3,7-5-2)11(18)19/h13H,4-9H2,1-3H3,(H,18,19). The van der Waals surface area contributed by atoms with Gasteiger partial charge in [-0.2, -0.15) is 0 Å². The number of carboxylic acids is 1. The topological polar surface area (TPSA) is 92.9 Å². The molecule has 1 unspecified atom stereocenters. The van der Waals surface area contributed by atoms with E-state index in [-0.39, 0.29) is 0 Å². The van der Waals surface area contributed by atoms with Crippen LogP contribution in [0, 0.1) is 0 Å². The zero-order valence-corrected chi connectivity index (χ0v) is 11.9. The van der Waals surface area contributed by atoms with E-state index >= 15 is 0 Å². The molecule has 1 heterocycles. The van der Waals surface area contributed by atoms with Gasteiger partial charge in [-0.25, -0.2) is 4.68 Å². The van der Waals surface area contributed by atoms with Crippen LogP contribution in [0.15, 0.2) is 0 Å². The normalized spacial score (nSPS) is 14.3. The number of hydrogen-bond donors (Lipinski definition) is 2. The fourth-order valence-electron chi connectivity index (χ4n) is 1.88. The van der Waals surface area contributed by atoms with Crippen LogP contribution in [-0.2, 0) is 17.9 Å². The number of unbranched alkanes of at least 4 members (excludes halogenated alkanes) is 1. The molecule has 1 atom stereocenters. The largest absolute Gasteiger partial charge is 0.480 e. The van der Waals surface area contributed by atoms with Crippen molar-refractivity contribution in [3.05, 3.63) is 5.82 Å². The van der Waals surface area contributed by atoms with Crippen molar-refractivity contribution in [1.82, 2.24) is 25.5 Å². The second-order valence-corrected chi connectivity index (χ2v) is 4.91. The molecular weight excluding hydrogens is 246 g/mol. The predicted molar refractivity (Wildman–Crippen MR) is 70.5 cm³/mol. The number of tetrazole rings is 1. The quantitative estimate of drug-likeness (QED) is 0.700. The molecule has 0 saturated heterocycles. The maximum atomic E-state index is 11.3. The molecule has 2 N–H and O–H groups in total. The third kappa shape index (κ3) is 4.27. The monoisotopic (exact) mass is 269 g/mol. The number of carbonyl (C=O) groups is 1. The van der Waals surface area contributed by atoms with E-state index in [1.54, 1.807) is 11.6 Å². The van der Waals surface area contributed by atoms with Gasteiger partial charge in [-0.3, -0.25) is 10.1 Å². The van der Waals surface area contributed by atoms with Gasteiger partial charge >= 0.3 is 5.97 Å². The first kappa shape index (κ1) is 15.6. The Kier molecular flexibility index (Phi) is 5.88. The maximum Gasteiger partial charge on any atom is 0.323 e. The van der Waals surface area contributed by atoms with Gasteiger partial charge in [0.05, 0.1) is 6.54 Å². The van der Waals surface area contributed by atoms with E-state index in [1.807, 2.05) is 6.92 Å². The van der Waals surface area contributed by atoms with E-state index in [0.29, 0.717) is 18.8 Å². The fourth-order valence-corrected chi connectivity index (χ4v) is 1.88. The van der Waals surface area contributed by atoms with Gasteiger partial charge in [0.15, 0.2) is 5.82 Å². The number of carboxylic acid groups (broad SMARTS) is 1. The smallest absolute Gasteiger partial charge is 0.323 e. The molecule has 0 aliphatic heterocycles. The Balaban J connectivity index is 2.64. The van der Waals surface area contributed by atoms with E-state index in [1.165, 1.54) is 0 Å². The van der Waals surface area contributed by atoms with E-state index < -0.39 is 11.5 Å². The van der Waals surface area contributed by atoms with Crippen LogP contribution < -0.4 is 5.32 Å². The minimum atomic E-state index is -0.934. The van der Waals surface area contributed by atoms with Gasteiger partial charge in [0.2, 0.25) is 0 Å². The summed E-state index contributed by atoms with van der Waals surface area (Å²) in [7, 11) is 0. The Bertz CT molecular complexity index is 407. The lowest BCUT2D eigenvalue weighted by Crippen LogP contribution is -2.49. The van der Waals surface area contributed by atoms with Crippen LogP contribution in [0.25, 0.3) is 0 Å². The van der Waals surface area contributed by atoms with Crippen molar-refractivity contribution >= 4 is 5.97 Å². The first-order valence-electron chi connectivity index (χ1n) is 6.77. The molecule has 7 nitrogen and oxygen atoms in total. The number of nitrogens with zero attached hydrogens (tertiary/aromatic N) is 4. The molecule has 0 aliphatic rings. The molecule has 19 heavy (non-hydrogen) atoms. The van der Waals surface area contributed by atoms with Crippen molar-refractivity contribution in [3.63, 3.8) is 0 Å².